The number of para-hydroxylation sites is 1. The summed E-state index contributed by atoms with van der Waals surface area (Å²) in [6.07, 6.45) is -0.579. The average molecular weight is 531 g/mol. The summed E-state index contributed by atoms with van der Waals surface area (Å²) in [6, 6.07) is 29.0. The van der Waals surface area contributed by atoms with Crippen molar-refractivity contribution in [2.75, 3.05) is 0 Å². The van der Waals surface area contributed by atoms with Crippen LogP contribution < -0.4 is 22.1 Å². The molecule has 6 rings (SSSR count). The largest absolute Gasteiger partial charge is 1.00 e. The van der Waals surface area contributed by atoms with E-state index in [9.17, 15) is 13.2 Å². The van der Waals surface area contributed by atoms with Crippen molar-refractivity contribution in [3.05, 3.63) is 131 Å². The van der Waals surface area contributed by atoms with Crippen molar-refractivity contribution in [3.8, 4) is 5.75 Å². The molecule has 2 heterocycles. The number of H-pyrrole nitrogens is 1. The first-order valence-electron chi connectivity index (χ1n) is 11.9. The average Bonchev–Trinajstić information content (AvgIpc) is 3.53. The summed E-state index contributed by atoms with van der Waals surface area (Å²) in [5.74, 6) is 0.730. The van der Waals surface area contributed by atoms with Gasteiger partial charge in [-0.25, -0.2) is 4.99 Å². The SMILES string of the molecule is FC(F)(F)c1ccc(C(=C2C=[NH+]c3ccccc32)c2c[nH]c3cc(OCc4ccccc4)ccc23)cc1.[Cl-]. The number of halogens is 4. The van der Waals surface area contributed by atoms with Gasteiger partial charge in [-0.15, -0.1) is 0 Å². The number of hydrogen-bond acceptors (Lipinski definition) is 1. The van der Waals surface area contributed by atoms with Gasteiger partial charge in [0, 0.05) is 40.4 Å². The van der Waals surface area contributed by atoms with E-state index in [1.165, 1.54) is 12.1 Å². The van der Waals surface area contributed by atoms with Gasteiger partial charge in [-0.1, -0.05) is 54.6 Å². The second-order valence-corrected chi connectivity index (χ2v) is 8.88. The van der Waals surface area contributed by atoms with Gasteiger partial charge in [0.15, 0.2) is 6.21 Å². The van der Waals surface area contributed by atoms with Crippen LogP contribution in [0.15, 0.2) is 103 Å². The zero-order chi connectivity index (χ0) is 25.4. The molecule has 1 aliphatic rings. The van der Waals surface area contributed by atoms with Crippen LogP contribution >= 0.6 is 0 Å². The Morgan fingerprint density at radius 3 is 2.34 bits per heavy atom. The van der Waals surface area contributed by atoms with E-state index in [0.29, 0.717) is 12.2 Å². The van der Waals surface area contributed by atoms with Crippen LogP contribution in [-0.2, 0) is 12.8 Å². The normalized spacial score (nSPS) is 13.8. The van der Waals surface area contributed by atoms with Crippen LogP contribution in [-0.4, -0.2) is 11.2 Å². The van der Waals surface area contributed by atoms with E-state index in [2.05, 4.69) is 9.98 Å². The topological polar surface area (TPSA) is 39.0 Å². The zero-order valence-corrected chi connectivity index (χ0v) is 20.8. The molecule has 0 saturated heterocycles. The Labute approximate surface area is 223 Å². The summed E-state index contributed by atoms with van der Waals surface area (Å²) in [5.41, 5.74) is 6.59. The molecule has 3 nitrogen and oxygen atoms in total. The Morgan fingerprint density at radius 2 is 1.58 bits per heavy atom. The van der Waals surface area contributed by atoms with Crippen LogP contribution in [0.3, 0.4) is 0 Å². The highest BCUT2D eigenvalue weighted by molar-refractivity contribution is 6.24. The summed E-state index contributed by atoms with van der Waals surface area (Å²) in [5, 5.41) is 0.951. The molecular formula is C31H22ClF3N2O. The highest BCUT2D eigenvalue weighted by Gasteiger charge is 2.31. The first-order valence-corrected chi connectivity index (χ1v) is 11.9. The highest BCUT2D eigenvalue weighted by Crippen LogP contribution is 2.39. The van der Waals surface area contributed by atoms with Gasteiger partial charge in [0.2, 0.25) is 5.69 Å². The maximum Gasteiger partial charge on any atom is 0.416 e. The number of allylic oxidation sites excluding steroid dienone is 1. The molecule has 0 amide bonds. The molecular weight excluding hydrogens is 509 g/mol. The number of rotatable bonds is 5. The fourth-order valence-electron chi connectivity index (χ4n) is 4.70. The number of alkyl halides is 3. The number of hydrogen-bond donors (Lipinski definition) is 2. The van der Waals surface area contributed by atoms with Gasteiger partial charge in [-0.3, -0.25) is 0 Å². The Bertz CT molecular complexity index is 1650. The number of fused-ring (bicyclic) bond motifs is 2. The number of nitrogens with one attached hydrogen (secondary N) is 2. The van der Waals surface area contributed by atoms with Crippen molar-refractivity contribution < 1.29 is 35.3 Å². The summed E-state index contributed by atoms with van der Waals surface area (Å²) in [6.45, 7) is 0.457. The molecule has 0 unspecified atom stereocenters. The van der Waals surface area contributed by atoms with Crippen LogP contribution in [0.5, 0.6) is 5.75 Å². The van der Waals surface area contributed by atoms with Crippen LogP contribution in [0.25, 0.3) is 22.0 Å². The van der Waals surface area contributed by atoms with Crippen LogP contribution in [0, 0.1) is 0 Å². The van der Waals surface area contributed by atoms with Gasteiger partial charge in [0.25, 0.3) is 0 Å². The van der Waals surface area contributed by atoms with Crippen molar-refractivity contribution in [1.82, 2.24) is 4.98 Å². The van der Waals surface area contributed by atoms with Crippen LogP contribution in [0.4, 0.5) is 18.9 Å². The van der Waals surface area contributed by atoms with Crippen molar-refractivity contribution >= 4 is 34.0 Å². The van der Waals surface area contributed by atoms with Crippen molar-refractivity contribution in [2.24, 2.45) is 0 Å². The number of ether oxygens (including phenoxy) is 1. The molecule has 1 aliphatic heterocycles. The predicted octanol–water partition coefficient (Wildman–Crippen LogP) is 3.53. The zero-order valence-electron chi connectivity index (χ0n) is 20.0. The molecule has 2 N–H and O–H groups in total. The fourth-order valence-corrected chi connectivity index (χ4v) is 4.70. The Hall–Kier alpha value is -4.29. The van der Waals surface area contributed by atoms with Gasteiger partial charge in [-0.05, 0) is 41.5 Å². The van der Waals surface area contributed by atoms with Gasteiger partial charge in [0.05, 0.1) is 16.7 Å². The van der Waals surface area contributed by atoms with Crippen molar-refractivity contribution in [3.63, 3.8) is 0 Å². The van der Waals surface area contributed by atoms with Gasteiger partial charge < -0.3 is 22.1 Å². The minimum absolute atomic E-state index is 0. The van der Waals surface area contributed by atoms with E-state index >= 15 is 0 Å². The molecule has 0 fully saturated rings. The number of aromatic nitrogens is 1. The molecule has 5 aromatic rings. The molecule has 0 atom stereocenters. The summed E-state index contributed by atoms with van der Waals surface area (Å²) < 4.78 is 45.8. The Morgan fingerprint density at radius 1 is 0.842 bits per heavy atom. The minimum atomic E-state index is -4.39. The predicted molar refractivity (Wildman–Crippen MR) is 140 cm³/mol. The third-order valence-corrected chi connectivity index (χ3v) is 6.53. The standard InChI is InChI=1S/C31H21F3N2O.ClH/c32-31(33,34)22-12-10-21(11-13-22)30(26-17-35-28-9-5-4-8-24(26)28)27-18-36-29-16-23(14-15-25(27)29)37-19-20-6-2-1-3-7-20;/h1-18,36H,19H2;1H. The molecule has 190 valence electrons. The Balaban J connectivity index is 0.00000294. The van der Waals surface area contributed by atoms with Crippen LogP contribution in [0.1, 0.15) is 27.8 Å². The first kappa shape index (κ1) is 25.4. The molecule has 4 aromatic carbocycles. The third kappa shape index (κ3) is 4.83. The van der Waals surface area contributed by atoms with Gasteiger partial charge >= 0.3 is 6.18 Å². The second-order valence-electron chi connectivity index (χ2n) is 8.88. The number of aromatic amines is 1. The third-order valence-electron chi connectivity index (χ3n) is 6.53. The van der Waals surface area contributed by atoms with E-state index in [1.54, 1.807) is 0 Å². The summed E-state index contributed by atoms with van der Waals surface area (Å²) in [7, 11) is 0. The molecule has 38 heavy (non-hydrogen) atoms. The molecule has 7 heteroatoms. The fraction of sp³-hybridized carbons (Fsp3) is 0.0645. The number of benzene rings is 4. The van der Waals surface area contributed by atoms with E-state index in [4.69, 9.17) is 4.74 Å². The van der Waals surface area contributed by atoms with E-state index in [0.717, 1.165) is 62.3 Å². The van der Waals surface area contributed by atoms with E-state index in [-0.39, 0.29) is 12.4 Å². The Kier molecular flexibility index (Phi) is 6.83. The van der Waals surface area contributed by atoms with Gasteiger partial charge in [-0.2, -0.15) is 13.2 Å². The molecule has 0 aliphatic carbocycles. The maximum atomic E-state index is 13.3. The van der Waals surface area contributed by atoms with Crippen molar-refractivity contribution in [1.29, 1.82) is 0 Å². The smallest absolute Gasteiger partial charge is 0.416 e. The lowest BCUT2D eigenvalue weighted by molar-refractivity contribution is -0.342. The van der Waals surface area contributed by atoms with Gasteiger partial charge in [0.1, 0.15) is 12.4 Å². The quantitative estimate of drug-likeness (QED) is 0.359. The van der Waals surface area contributed by atoms with E-state index in [1.807, 2.05) is 85.2 Å². The molecule has 0 bridgehead atoms. The first-order chi connectivity index (χ1) is 18.0. The van der Waals surface area contributed by atoms with Crippen molar-refractivity contribution in [2.45, 2.75) is 12.8 Å². The lowest BCUT2D eigenvalue weighted by Crippen LogP contribution is -3.00. The maximum absolute atomic E-state index is 13.3. The summed E-state index contributed by atoms with van der Waals surface area (Å²) in [4.78, 5) is 6.63. The molecule has 0 radical (unpaired) electrons. The lowest BCUT2D eigenvalue weighted by Gasteiger charge is -2.13. The molecule has 1 aromatic heterocycles. The highest BCUT2D eigenvalue weighted by atomic mass is 35.5. The minimum Gasteiger partial charge on any atom is -1.00 e. The monoisotopic (exact) mass is 530 g/mol. The lowest BCUT2D eigenvalue weighted by atomic mass is 9.89. The molecule has 0 saturated carbocycles. The summed E-state index contributed by atoms with van der Waals surface area (Å²) >= 11 is 0. The molecule has 0 spiro atoms. The second kappa shape index (κ2) is 10.2. The van der Waals surface area contributed by atoms with Crippen LogP contribution in [0.2, 0.25) is 0 Å². The van der Waals surface area contributed by atoms with E-state index < -0.39 is 11.7 Å².